The summed E-state index contributed by atoms with van der Waals surface area (Å²) in [5.74, 6) is 0.0310. The van der Waals surface area contributed by atoms with E-state index in [0.717, 1.165) is 31.6 Å². The number of nitrogens with one attached hydrogen (secondary N) is 1. The minimum Gasteiger partial charge on any atom is -0.342 e. The molecule has 3 nitrogen and oxygen atoms in total. The summed E-state index contributed by atoms with van der Waals surface area (Å²) >= 11 is 7.46. The van der Waals surface area contributed by atoms with Crippen LogP contribution in [0, 0.1) is 0 Å². The van der Waals surface area contributed by atoms with Crippen molar-refractivity contribution >= 4 is 28.7 Å². The smallest absolute Gasteiger partial charge is 0.220 e. The van der Waals surface area contributed by atoms with Crippen molar-refractivity contribution in [2.24, 2.45) is 0 Å². The quantitative estimate of drug-likeness (QED) is 0.881. The van der Waals surface area contributed by atoms with Crippen LogP contribution in [0.15, 0.2) is 29.8 Å². The number of hydrogen-bond acceptors (Lipinski definition) is 3. The van der Waals surface area contributed by atoms with Gasteiger partial charge in [0.15, 0.2) is 0 Å². The Morgan fingerprint density at radius 3 is 2.84 bits per heavy atom. The average molecular weight is 295 g/mol. The van der Waals surface area contributed by atoms with Crippen LogP contribution in [0.4, 0.5) is 0 Å². The topological polar surface area (TPSA) is 34.0 Å². The lowest BCUT2D eigenvalue weighted by atomic mass is 10.1. The molecule has 5 heteroatoms. The Bertz CT molecular complexity index is 584. The Kier molecular flexibility index (Phi) is 3.73. The molecular formula is C14H15ClN2OS. The zero-order valence-electron chi connectivity index (χ0n) is 10.4. The second kappa shape index (κ2) is 5.49. The summed E-state index contributed by atoms with van der Waals surface area (Å²) in [4.78, 5) is 13.2. The Balaban J connectivity index is 1.91. The second-order valence-electron chi connectivity index (χ2n) is 4.71. The van der Waals surface area contributed by atoms with Crippen LogP contribution in [0.25, 0.3) is 0 Å². The van der Waals surface area contributed by atoms with E-state index >= 15 is 0 Å². The molecule has 0 amide bonds. The van der Waals surface area contributed by atoms with Crippen LogP contribution >= 0.6 is 22.9 Å². The maximum absolute atomic E-state index is 12.5. The summed E-state index contributed by atoms with van der Waals surface area (Å²) in [5, 5.41) is 5.75. The minimum absolute atomic E-state index is 0.0310. The zero-order valence-corrected chi connectivity index (χ0v) is 12.0. The number of ketones is 1. The highest BCUT2D eigenvalue weighted by Gasteiger charge is 2.22. The molecule has 1 aliphatic rings. The van der Waals surface area contributed by atoms with Crippen molar-refractivity contribution in [3.05, 3.63) is 45.4 Å². The largest absolute Gasteiger partial charge is 0.342 e. The molecule has 0 bridgehead atoms. The highest BCUT2D eigenvalue weighted by atomic mass is 35.5. The molecule has 1 saturated heterocycles. The first-order chi connectivity index (χ1) is 9.27. The molecule has 0 aliphatic carbocycles. The van der Waals surface area contributed by atoms with Crippen molar-refractivity contribution in [2.45, 2.75) is 18.9 Å². The van der Waals surface area contributed by atoms with E-state index in [2.05, 4.69) is 9.88 Å². The fourth-order valence-corrected chi connectivity index (χ4v) is 3.65. The van der Waals surface area contributed by atoms with Gasteiger partial charge in [0.25, 0.3) is 0 Å². The predicted octanol–water partition coefficient (Wildman–Crippen LogP) is 3.36. The van der Waals surface area contributed by atoms with Crippen LogP contribution < -0.4 is 5.32 Å². The Hall–Kier alpha value is -1.10. The van der Waals surface area contributed by atoms with Gasteiger partial charge in [-0.15, -0.1) is 11.3 Å². The van der Waals surface area contributed by atoms with Gasteiger partial charge in [0.1, 0.15) is 0 Å². The van der Waals surface area contributed by atoms with E-state index < -0.39 is 0 Å². The minimum atomic E-state index is 0.0310. The molecule has 100 valence electrons. The Morgan fingerprint density at radius 1 is 1.37 bits per heavy atom. The normalized spacial score (nSPS) is 16.7. The van der Waals surface area contributed by atoms with E-state index in [-0.39, 0.29) is 5.78 Å². The summed E-state index contributed by atoms with van der Waals surface area (Å²) in [6.45, 7) is 2.02. The molecule has 0 atom stereocenters. The number of aromatic nitrogens is 1. The van der Waals surface area contributed by atoms with Gasteiger partial charge in [-0.1, -0.05) is 11.6 Å². The van der Waals surface area contributed by atoms with E-state index in [9.17, 15) is 4.79 Å². The SMILES string of the molecule is O=C(c1sccc1Cl)c1cccn1C1CCNCC1. The van der Waals surface area contributed by atoms with Crippen LogP contribution in [0.3, 0.4) is 0 Å². The third kappa shape index (κ3) is 2.48. The van der Waals surface area contributed by atoms with E-state index in [1.54, 1.807) is 6.07 Å². The van der Waals surface area contributed by atoms with Gasteiger partial charge in [-0.05, 0) is 49.5 Å². The van der Waals surface area contributed by atoms with Crippen LogP contribution in [-0.2, 0) is 0 Å². The van der Waals surface area contributed by atoms with Gasteiger partial charge >= 0.3 is 0 Å². The molecule has 1 fully saturated rings. The Morgan fingerprint density at radius 2 is 2.16 bits per heavy atom. The van der Waals surface area contributed by atoms with Gasteiger partial charge in [0.05, 0.1) is 15.6 Å². The molecule has 0 unspecified atom stereocenters. The summed E-state index contributed by atoms with van der Waals surface area (Å²) in [6.07, 6.45) is 4.13. The zero-order chi connectivity index (χ0) is 13.2. The third-order valence-corrected chi connectivity index (χ3v) is 4.88. The first-order valence-electron chi connectivity index (χ1n) is 6.42. The molecule has 3 heterocycles. The van der Waals surface area contributed by atoms with E-state index in [1.807, 2.05) is 23.7 Å². The highest BCUT2D eigenvalue weighted by molar-refractivity contribution is 7.13. The summed E-state index contributed by atoms with van der Waals surface area (Å²) in [7, 11) is 0. The lowest BCUT2D eigenvalue weighted by molar-refractivity contribution is 0.103. The number of halogens is 1. The maximum Gasteiger partial charge on any atom is 0.220 e. The van der Waals surface area contributed by atoms with Crippen LogP contribution in [-0.4, -0.2) is 23.4 Å². The standard InChI is InChI=1S/C14H15ClN2OS/c15-11-5-9-19-14(11)13(18)12-2-1-8-17(12)10-3-6-16-7-4-10/h1-2,5,8-10,16H,3-4,6-7H2. The van der Waals surface area contributed by atoms with E-state index in [1.165, 1.54) is 11.3 Å². The number of rotatable bonds is 3. The van der Waals surface area contributed by atoms with Crippen molar-refractivity contribution in [1.82, 2.24) is 9.88 Å². The van der Waals surface area contributed by atoms with Crippen LogP contribution in [0.2, 0.25) is 5.02 Å². The molecular weight excluding hydrogens is 280 g/mol. The van der Waals surface area contributed by atoms with Crippen molar-refractivity contribution in [3.63, 3.8) is 0 Å². The molecule has 19 heavy (non-hydrogen) atoms. The fraction of sp³-hybridized carbons (Fsp3) is 0.357. The summed E-state index contributed by atoms with van der Waals surface area (Å²) < 4.78 is 2.11. The molecule has 2 aromatic heterocycles. The summed E-state index contributed by atoms with van der Waals surface area (Å²) in [6, 6.07) is 6.02. The molecule has 0 aromatic carbocycles. The molecule has 1 N–H and O–H groups in total. The third-order valence-electron chi connectivity index (χ3n) is 3.54. The maximum atomic E-state index is 12.5. The number of nitrogens with zero attached hydrogens (tertiary/aromatic N) is 1. The number of thiophene rings is 1. The van der Waals surface area contributed by atoms with Crippen molar-refractivity contribution < 1.29 is 4.79 Å². The van der Waals surface area contributed by atoms with Gasteiger partial charge in [0.2, 0.25) is 5.78 Å². The van der Waals surface area contributed by atoms with Crippen LogP contribution in [0.1, 0.15) is 34.2 Å². The lowest BCUT2D eigenvalue weighted by Crippen LogP contribution is -2.30. The number of piperidine rings is 1. The monoisotopic (exact) mass is 294 g/mol. The second-order valence-corrected chi connectivity index (χ2v) is 6.03. The molecule has 0 saturated carbocycles. The van der Waals surface area contributed by atoms with E-state index in [0.29, 0.717) is 15.9 Å². The van der Waals surface area contributed by atoms with Crippen LogP contribution in [0.5, 0.6) is 0 Å². The number of hydrogen-bond donors (Lipinski definition) is 1. The van der Waals surface area contributed by atoms with Crippen molar-refractivity contribution in [3.8, 4) is 0 Å². The highest BCUT2D eigenvalue weighted by Crippen LogP contribution is 2.28. The molecule has 3 rings (SSSR count). The van der Waals surface area contributed by atoms with Gasteiger partial charge in [0, 0.05) is 12.2 Å². The Labute approximate surface area is 121 Å². The van der Waals surface area contributed by atoms with Gasteiger partial charge in [-0.25, -0.2) is 0 Å². The first kappa shape index (κ1) is 12.9. The fourth-order valence-electron chi connectivity index (χ4n) is 2.56. The molecule has 1 aliphatic heterocycles. The van der Waals surface area contributed by atoms with E-state index in [4.69, 9.17) is 11.6 Å². The molecule has 2 aromatic rings. The molecule has 0 spiro atoms. The van der Waals surface area contributed by atoms with Crippen molar-refractivity contribution in [2.75, 3.05) is 13.1 Å². The average Bonchev–Trinajstić information content (AvgIpc) is 3.07. The lowest BCUT2D eigenvalue weighted by Gasteiger charge is -2.25. The number of carbonyl (C=O) groups is 1. The van der Waals surface area contributed by atoms with Gasteiger partial charge < -0.3 is 9.88 Å². The number of carbonyl (C=O) groups excluding carboxylic acids is 1. The first-order valence-corrected chi connectivity index (χ1v) is 7.68. The summed E-state index contributed by atoms with van der Waals surface area (Å²) in [5.41, 5.74) is 0.747. The van der Waals surface area contributed by atoms with Gasteiger partial charge in [-0.3, -0.25) is 4.79 Å². The van der Waals surface area contributed by atoms with Crippen molar-refractivity contribution in [1.29, 1.82) is 0 Å². The van der Waals surface area contributed by atoms with Gasteiger partial charge in [-0.2, -0.15) is 0 Å². The molecule has 0 radical (unpaired) electrons. The predicted molar refractivity (Wildman–Crippen MR) is 78.3 cm³/mol.